The van der Waals surface area contributed by atoms with Crippen LogP contribution >= 0.6 is 23.1 Å². The van der Waals surface area contributed by atoms with Crippen LogP contribution in [-0.4, -0.2) is 28.0 Å². The summed E-state index contributed by atoms with van der Waals surface area (Å²) in [7, 11) is 0. The summed E-state index contributed by atoms with van der Waals surface area (Å²) in [5.74, 6) is -0.464. The summed E-state index contributed by atoms with van der Waals surface area (Å²) in [6.07, 6.45) is 1.67. The number of benzene rings is 4. The molecule has 5 rings (SSSR count). The number of halogens is 1. The van der Waals surface area contributed by atoms with E-state index in [0.717, 1.165) is 31.0 Å². The third-order valence-corrected chi connectivity index (χ3v) is 7.28. The number of hydrogen-bond acceptors (Lipinski definition) is 6. The highest BCUT2D eigenvalue weighted by atomic mass is 32.2. The van der Waals surface area contributed by atoms with Crippen molar-refractivity contribution in [3.63, 3.8) is 0 Å². The Balaban J connectivity index is 1.30. The number of fused-ring (bicyclic) bond motifs is 2. The maximum Gasteiger partial charge on any atom is 0.234 e. The first-order valence-electron chi connectivity index (χ1n) is 10.4. The lowest BCUT2D eigenvalue weighted by atomic mass is 10.0. The van der Waals surface area contributed by atoms with Crippen LogP contribution in [0.15, 0.2) is 88.2 Å². The Morgan fingerprint density at radius 3 is 2.79 bits per heavy atom. The summed E-state index contributed by atoms with van der Waals surface area (Å²) >= 11 is 2.77. The quantitative estimate of drug-likeness (QED) is 0.205. The van der Waals surface area contributed by atoms with Crippen LogP contribution in [0.25, 0.3) is 21.0 Å². The van der Waals surface area contributed by atoms with Gasteiger partial charge in [0.1, 0.15) is 11.6 Å². The Morgan fingerprint density at radius 1 is 1.09 bits per heavy atom. The van der Waals surface area contributed by atoms with E-state index in [4.69, 9.17) is 0 Å². The van der Waals surface area contributed by atoms with Crippen molar-refractivity contribution in [1.82, 2.24) is 4.98 Å². The molecule has 0 unspecified atom stereocenters. The van der Waals surface area contributed by atoms with E-state index in [1.54, 1.807) is 24.4 Å². The molecule has 0 bridgehead atoms. The van der Waals surface area contributed by atoms with Gasteiger partial charge in [0.05, 0.1) is 27.3 Å². The fraction of sp³-hybridized carbons (Fsp3) is 0.0385. The fourth-order valence-corrected chi connectivity index (χ4v) is 5.37. The van der Waals surface area contributed by atoms with Crippen molar-refractivity contribution < 1.29 is 14.3 Å². The number of nitrogens with one attached hydrogen (secondary N) is 1. The van der Waals surface area contributed by atoms with E-state index in [2.05, 4.69) is 15.3 Å². The minimum absolute atomic E-state index is 0.125. The molecule has 4 aromatic carbocycles. The smallest absolute Gasteiger partial charge is 0.234 e. The van der Waals surface area contributed by atoms with E-state index in [1.807, 2.05) is 48.5 Å². The summed E-state index contributed by atoms with van der Waals surface area (Å²) in [6.45, 7) is 0. The van der Waals surface area contributed by atoms with Crippen molar-refractivity contribution in [3.8, 4) is 5.75 Å². The van der Waals surface area contributed by atoms with Gasteiger partial charge in [0.2, 0.25) is 5.91 Å². The molecule has 5 aromatic rings. The molecule has 0 saturated carbocycles. The monoisotopic (exact) mass is 487 g/mol. The van der Waals surface area contributed by atoms with Gasteiger partial charge in [0, 0.05) is 11.8 Å². The van der Waals surface area contributed by atoms with E-state index in [0.29, 0.717) is 5.56 Å². The molecule has 5 nitrogen and oxygen atoms in total. The van der Waals surface area contributed by atoms with Gasteiger partial charge in [-0.05, 0) is 47.2 Å². The number of carbonyl (C=O) groups is 1. The number of amides is 1. The molecule has 168 valence electrons. The first kappa shape index (κ1) is 22.1. The molecule has 0 aliphatic heterocycles. The topological polar surface area (TPSA) is 74.6 Å². The molecule has 0 saturated heterocycles. The van der Waals surface area contributed by atoms with Crippen molar-refractivity contribution in [2.75, 3.05) is 11.1 Å². The Kier molecular flexibility index (Phi) is 6.24. The summed E-state index contributed by atoms with van der Waals surface area (Å²) in [4.78, 5) is 21.3. The first-order chi connectivity index (χ1) is 16.6. The summed E-state index contributed by atoms with van der Waals surface area (Å²) in [6, 6.07) is 23.1. The zero-order chi connectivity index (χ0) is 23.5. The zero-order valence-corrected chi connectivity index (χ0v) is 19.4. The third kappa shape index (κ3) is 4.78. The molecule has 0 aliphatic carbocycles. The second-order valence-electron chi connectivity index (χ2n) is 7.43. The van der Waals surface area contributed by atoms with Crippen LogP contribution < -0.4 is 5.32 Å². The molecule has 1 amide bonds. The van der Waals surface area contributed by atoms with Crippen molar-refractivity contribution in [3.05, 3.63) is 90.2 Å². The second kappa shape index (κ2) is 9.62. The number of aromatic hydroxyl groups is 1. The molecule has 0 radical (unpaired) electrons. The van der Waals surface area contributed by atoms with Crippen molar-refractivity contribution >= 4 is 67.6 Å². The van der Waals surface area contributed by atoms with Gasteiger partial charge in [-0.25, -0.2) is 9.37 Å². The highest BCUT2D eigenvalue weighted by Gasteiger charge is 2.11. The molecule has 0 atom stereocenters. The van der Waals surface area contributed by atoms with Crippen LogP contribution in [0.4, 0.5) is 15.8 Å². The van der Waals surface area contributed by atoms with Gasteiger partial charge >= 0.3 is 0 Å². The summed E-state index contributed by atoms with van der Waals surface area (Å²) < 4.78 is 15.4. The van der Waals surface area contributed by atoms with Gasteiger partial charge in [-0.1, -0.05) is 54.2 Å². The normalized spacial score (nSPS) is 11.4. The lowest BCUT2D eigenvalue weighted by Gasteiger charge is -2.04. The number of anilines is 1. The number of thioether (sulfide) groups is 1. The minimum atomic E-state index is -0.467. The van der Waals surface area contributed by atoms with Crippen LogP contribution in [0, 0.1) is 5.82 Å². The van der Waals surface area contributed by atoms with Gasteiger partial charge in [-0.15, -0.1) is 11.3 Å². The molecule has 34 heavy (non-hydrogen) atoms. The highest BCUT2D eigenvalue weighted by Crippen LogP contribution is 2.32. The number of nitrogens with zero attached hydrogens (tertiary/aromatic N) is 2. The molecular weight excluding hydrogens is 469 g/mol. The summed E-state index contributed by atoms with van der Waals surface area (Å²) in [5.41, 5.74) is 2.38. The maximum atomic E-state index is 13.7. The molecule has 0 fully saturated rings. The number of para-hydroxylation sites is 1. The molecule has 2 N–H and O–H groups in total. The van der Waals surface area contributed by atoms with Gasteiger partial charge in [-0.2, -0.15) is 0 Å². The average molecular weight is 488 g/mol. The molecule has 8 heteroatoms. The first-order valence-corrected chi connectivity index (χ1v) is 12.2. The van der Waals surface area contributed by atoms with Crippen LogP contribution in [0.1, 0.15) is 5.56 Å². The molecule has 0 aliphatic rings. The number of phenolic OH excluding ortho intramolecular Hbond substituents is 1. The van der Waals surface area contributed by atoms with E-state index >= 15 is 0 Å². The predicted molar refractivity (Wildman–Crippen MR) is 138 cm³/mol. The number of aromatic nitrogens is 1. The lowest BCUT2D eigenvalue weighted by Crippen LogP contribution is -2.14. The number of rotatable bonds is 6. The largest absolute Gasteiger partial charge is 0.507 e. The van der Waals surface area contributed by atoms with Crippen molar-refractivity contribution in [2.24, 2.45) is 4.99 Å². The van der Waals surface area contributed by atoms with E-state index in [9.17, 15) is 14.3 Å². The second-order valence-corrected chi connectivity index (χ2v) is 9.68. The SMILES string of the molecule is O=C(CSc1nc2ccc(N=Cc3c(O)ccc4ccccc34)cc2s1)Nc1ccccc1F. The van der Waals surface area contributed by atoms with Gasteiger partial charge in [-0.3, -0.25) is 9.79 Å². The number of hydrogen-bond donors (Lipinski definition) is 2. The van der Waals surface area contributed by atoms with E-state index < -0.39 is 5.82 Å². The van der Waals surface area contributed by atoms with Crippen molar-refractivity contribution in [2.45, 2.75) is 4.34 Å². The van der Waals surface area contributed by atoms with Crippen molar-refractivity contribution in [1.29, 1.82) is 0 Å². The lowest BCUT2D eigenvalue weighted by molar-refractivity contribution is -0.113. The molecule has 1 aromatic heterocycles. The Morgan fingerprint density at radius 2 is 1.91 bits per heavy atom. The average Bonchev–Trinajstić information content (AvgIpc) is 3.26. The number of phenols is 1. The van der Waals surface area contributed by atoms with Crippen LogP contribution in [-0.2, 0) is 4.79 Å². The highest BCUT2D eigenvalue weighted by molar-refractivity contribution is 8.01. The Hall–Kier alpha value is -3.75. The van der Waals surface area contributed by atoms with Crippen LogP contribution in [0.3, 0.4) is 0 Å². The van der Waals surface area contributed by atoms with Gasteiger partial charge in [0.25, 0.3) is 0 Å². The summed E-state index contributed by atoms with van der Waals surface area (Å²) in [5, 5.41) is 14.9. The Bertz CT molecular complexity index is 1550. The number of aliphatic imine (C=N–C) groups is 1. The molecule has 1 heterocycles. The number of carbonyl (C=O) groups excluding carboxylic acids is 1. The van der Waals surface area contributed by atoms with Gasteiger partial charge < -0.3 is 10.4 Å². The maximum absolute atomic E-state index is 13.7. The molecule has 0 spiro atoms. The van der Waals surface area contributed by atoms with Crippen LogP contribution in [0.5, 0.6) is 5.75 Å². The van der Waals surface area contributed by atoms with E-state index in [1.165, 1.54) is 35.2 Å². The number of thiazole rings is 1. The Labute approximate surface area is 203 Å². The zero-order valence-electron chi connectivity index (χ0n) is 17.7. The van der Waals surface area contributed by atoms with E-state index in [-0.39, 0.29) is 23.1 Å². The standard InChI is InChI=1S/C26H18FN3O2S2/c27-20-7-3-4-8-21(20)29-25(32)15-33-26-30-22-11-10-17(13-24(22)34-26)28-14-19-18-6-2-1-5-16(18)9-12-23(19)31/h1-14,31H,15H2,(H,29,32). The third-order valence-electron chi connectivity index (χ3n) is 5.12. The van der Waals surface area contributed by atoms with Gasteiger partial charge in [0.15, 0.2) is 4.34 Å². The minimum Gasteiger partial charge on any atom is -0.507 e. The predicted octanol–water partition coefficient (Wildman–Crippen LogP) is 6.78. The molecular formula is C26H18FN3O2S2. The van der Waals surface area contributed by atoms with Crippen LogP contribution in [0.2, 0.25) is 0 Å². The fourth-order valence-electron chi connectivity index (χ4n) is 3.47.